The molecule has 1 aromatic rings. The van der Waals surface area contributed by atoms with E-state index in [1.165, 1.54) is 44.6 Å². The first kappa shape index (κ1) is 28.4. The number of hydrogen-bond donors (Lipinski definition) is 2. The largest absolute Gasteiger partial charge is 0.490 e. The summed E-state index contributed by atoms with van der Waals surface area (Å²) in [5, 5.41) is 0. The fourth-order valence-electron chi connectivity index (χ4n) is 5.96. The predicted molar refractivity (Wildman–Crippen MR) is 123 cm³/mol. The molecule has 10 heteroatoms. The van der Waals surface area contributed by atoms with Gasteiger partial charge in [-0.1, -0.05) is 38.7 Å². The van der Waals surface area contributed by atoms with E-state index in [1.807, 2.05) is 0 Å². The highest BCUT2D eigenvalue weighted by molar-refractivity contribution is 7.51. The summed E-state index contributed by atoms with van der Waals surface area (Å²) in [5.74, 6) is -3.67. The average molecular weight is 527 g/mol. The molecular weight excluding hydrogens is 490 g/mol. The van der Waals surface area contributed by atoms with Gasteiger partial charge in [-0.3, -0.25) is 4.57 Å². The van der Waals surface area contributed by atoms with Gasteiger partial charge in [-0.15, -0.1) is 0 Å². The summed E-state index contributed by atoms with van der Waals surface area (Å²) < 4.78 is 84.5. The van der Waals surface area contributed by atoms with Crippen LogP contribution in [0.25, 0.3) is 0 Å². The zero-order valence-electron chi connectivity index (χ0n) is 20.1. The van der Waals surface area contributed by atoms with Crippen LogP contribution in [0.15, 0.2) is 12.1 Å². The number of ether oxygens (including phenoxy) is 1. The molecule has 3 rings (SSSR count). The molecule has 0 spiro atoms. The molecule has 0 amide bonds. The molecule has 0 radical (unpaired) electrons. The van der Waals surface area contributed by atoms with Crippen molar-refractivity contribution in [3.63, 3.8) is 0 Å². The van der Waals surface area contributed by atoms with E-state index in [1.54, 1.807) is 0 Å². The van der Waals surface area contributed by atoms with Crippen molar-refractivity contribution in [1.82, 2.24) is 0 Å². The van der Waals surface area contributed by atoms with Crippen molar-refractivity contribution in [3.8, 4) is 5.75 Å². The fraction of sp³-hybridized carbons (Fsp3) is 0.760. The van der Waals surface area contributed by atoms with Crippen molar-refractivity contribution >= 4 is 7.60 Å². The second-order valence-corrected chi connectivity index (χ2v) is 12.1. The lowest BCUT2D eigenvalue weighted by atomic mass is 9.68. The molecular formula is C25H36F5O4P. The van der Waals surface area contributed by atoms with Crippen LogP contribution in [-0.2, 0) is 4.57 Å². The number of halogens is 5. The molecule has 2 N–H and O–H groups in total. The minimum Gasteiger partial charge on any atom is -0.490 e. The van der Waals surface area contributed by atoms with Crippen molar-refractivity contribution in [3.05, 3.63) is 29.3 Å². The Balaban J connectivity index is 1.58. The van der Waals surface area contributed by atoms with Gasteiger partial charge in [-0.05, 0) is 73.8 Å². The zero-order chi connectivity index (χ0) is 25.8. The molecule has 0 saturated heterocycles. The van der Waals surface area contributed by atoms with E-state index < -0.39 is 49.8 Å². The van der Waals surface area contributed by atoms with Crippen molar-refractivity contribution in [2.45, 2.75) is 83.2 Å². The lowest BCUT2D eigenvalue weighted by Crippen LogP contribution is -2.32. The summed E-state index contributed by atoms with van der Waals surface area (Å²) in [7, 11) is -4.98. The van der Waals surface area contributed by atoms with Crippen molar-refractivity contribution in [2.75, 3.05) is 12.8 Å². The highest BCUT2D eigenvalue weighted by Crippen LogP contribution is 2.46. The molecule has 2 fully saturated rings. The van der Waals surface area contributed by atoms with Gasteiger partial charge in [-0.25, -0.2) is 4.39 Å². The van der Waals surface area contributed by atoms with Crippen LogP contribution >= 0.6 is 7.60 Å². The Morgan fingerprint density at radius 1 is 0.971 bits per heavy atom. The summed E-state index contributed by atoms with van der Waals surface area (Å²) in [6.45, 7) is 1.01. The maximum Gasteiger partial charge on any atom is 0.395 e. The zero-order valence-corrected chi connectivity index (χ0v) is 21.0. The standard InChI is InChI=1S/C25H36F5O4P/c1-2-3-16-4-6-17(7-5-16)18-8-10-19(11-9-18)21-12-13-22(24(27)23(21)26)34-14-20(25(28,29)30)15-35(31,32)33/h12-13,16-20H,2-11,14-15H2,1H3,(H2,31,32,33)/t16?,17?,18?,19?,20-/m1/s1. The number of rotatable bonds is 9. The van der Waals surface area contributed by atoms with Crippen LogP contribution in [0.1, 0.15) is 82.6 Å². The minimum absolute atomic E-state index is 0.149. The van der Waals surface area contributed by atoms with Gasteiger partial charge < -0.3 is 14.5 Å². The molecule has 2 aliphatic rings. The molecule has 0 bridgehead atoms. The Morgan fingerprint density at radius 3 is 2.06 bits per heavy atom. The summed E-state index contributed by atoms with van der Waals surface area (Å²) in [5.41, 5.74) is 0.211. The van der Waals surface area contributed by atoms with Gasteiger partial charge >= 0.3 is 13.8 Å². The molecule has 0 unspecified atom stereocenters. The summed E-state index contributed by atoms with van der Waals surface area (Å²) in [6, 6.07) is 2.47. The maximum absolute atomic E-state index is 14.8. The molecule has 2 aliphatic carbocycles. The Kier molecular flexibility index (Phi) is 9.66. The van der Waals surface area contributed by atoms with E-state index in [0.717, 1.165) is 37.7 Å². The van der Waals surface area contributed by atoms with E-state index in [9.17, 15) is 26.5 Å². The Morgan fingerprint density at radius 2 is 1.54 bits per heavy atom. The van der Waals surface area contributed by atoms with Gasteiger partial charge in [0, 0.05) is 0 Å². The first-order chi connectivity index (χ1) is 16.4. The molecule has 0 heterocycles. The third kappa shape index (κ3) is 7.90. The van der Waals surface area contributed by atoms with E-state index in [0.29, 0.717) is 11.8 Å². The van der Waals surface area contributed by atoms with E-state index in [-0.39, 0.29) is 11.5 Å². The van der Waals surface area contributed by atoms with Gasteiger partial charge in [0.2, 0.25) is 5.82 Å². The van der Waals surface area contributed by atoms with Crippen LogP contribution in [0, 0.1) is 35.3 Å². The monoisotopic (exact) mass is 526 g/mol. The molecule has 1 atom stereocenters. The molecule has 0 aliphatic heterocycles. The van der Waals surface area contributed by atoms with Crippen LogP contribution in [0.3, 0.4) is 0 Å². The molecule has 0 aromatic heterocycles. The van der Waals surface area contributed by atoms with Crippen LogP contribution in [0.4, 0.5) is 22.0 Å². The SMILES string of the molecule is CCCC1CCC(C2CCC(c3ccc(OC[C@H](CP(=O)(O)O)C(F)(F)F)c(F)c3F)CC2)CC1. The summed E-state index contributed by atoms with van der Waals surface area (Å²) in [6.07, 6.45) is 4.55. The third-order valence-corrected chi connectivity index (χ3v) is 8.82. The lowest BCUT2D eigenvalue weighted by Gasteiger charge is -2.38. The van der Waals surface area contributed by atoms with Gasteiger partial charge in [0.05, 0.1) is 6.16 Å². The Hall–Kier alpha value is -1.18. The maximum atomic E-state index is 14.8. The third-order valence-electron chi connectivity index (χ3n) is 7.90. The fourth-order valence-corrected chi connectivity index (χ4v) is 6.85. The van der Waals surface area contributed by atoms with E-state index in [4.69, 9.17) is 14.5 Å². The smallest absolute Gasteiger partial charge is 0.395 e. The van der Waals surface area contributed by atoms with Crippen molar-refractivity contribution in [1.29, 1.82) is 0 Å². The second kappa shape index (κ2) is 11.9. The molecule has 200 valence electrons. The predicted octanol–water partition coefficient (Wildman–Crippen LogP) is 7.58. The topological polar surface area (TPSA) is 66.8 Å². The van der Waals surface area contributed by atoms with Crippen LogP contribution in [-0.4, -0.2) is 28.7 Å². The quantitative estimate of drug-likeness (QED) is 0.257. The normalized spacial score (nSPS) is 27.0. The summed E-state index contributed by atoms with van der Waals surface area (Å²) >= 11 is 0. The second-order valence-electron chi connectivity index (χ2n) is 10.4. The summed E-state index contributed by atoms with van der Waals surface area (Å²) in [4.78, 5) is 17.8. The van der Waals surface area contributed by atoms with Gasteiger partial charge in [-0.2, -0.15) is 17.6 Å². The van der Waals surface area contributed by atoms with Gasteiger partial charge in [0.1, 0.15) is 12.5 Å². The molecule has 1 aromatic carbocycles. The molecule has 35 heavy (non-hydrogen) atoms. The molecule has 2 saturated carbocycles. The molecule has 4 nitrogen and oxygen atoms in total. The van der Waals surface area contributed by atoms with Crippen molar-refractivity contribution < 1.29 is 41.0 Å². The average Bonchev–Trinajstić information content (AvgIpc) is 2.79. The highest BCUT2D eigenvalue weighted by atomic mass is 31.2. The first-order valence-corrected chi connectivity index (χ1v) is 14.4. The van der Waals surface area contributed by atoms with E-state index in [2.05, 4.69) is 6.92 Å². The van der Waals surface area contributed by atoms with Crippen LogP contribution in [0.2, 0.25) is 0 Å². The van der Waals surface area contributed by atoms with Crippen molar-refractivity contribution in [2.24, 2.45) is 23.7 Å². The highest BCUT2D eigenvalue weighted by Gasteiger charge is 2.44. The minimum atomic E-state index is -4.98. The van der Waals surface area contributed by atoms with E-state index >= 15 is 0 Å². The van der Waals surface area contributed by atoms with Crippen LogP contribution < -0.4 is 4.74 Å². The Bertz CT molecular complexity index is 871. The number of alkyl halides is 3. The lowest BCUT2D eigenvalue weighted by molar-refractivity contribution is -0.176. The van der Waals surface area contributed by atoms with Gasteiger partial charge in [0.15, 0.2) is 11.6 Å². The first-order valence-electron chi connectivity index (χ1n) is 12.6. The van der Waals surface area contributed by atoms with Gasteiger partial charge in [0.25, 0.3) is 0 Å². The number of benzene rings is 1. The van der Waals surface area contributed by atoms with Crippen LogP contribution in [0.5, 0.6) is 5.75 Å². The number of hydrogen-bond acceptors (Lipinski definition) is 2. The Labute approximate surface area is 203 Å².